The third-order valence-corrected chi connectivity index (χ3v) is 3.84. The van der Waals surface area contributed by atoms with E-state index in [1.807, 2.05) is 49.4 Å². The van der Waals surface area contributed by atoms with Gasteiger partial charge in [-0.2, -0.15) is 0 Å². The standard InChI is InChI=1S/C19H21N3O2/c1-2-24-13-12-22-17-11-7-6-10-16(17)21-18(22)14-20-19(23)15-8-4-3-5-9-15/h3-11H,2,12-14H2,1H3,(H,20,23). The van der Waals surface area contributed by atoms with E-state index in [0.29, 0.717) is 31.9 Å². The van der Waals surface area contributed by atoms with Gasteiger partial charge in [0, 0.05) is 18.7 Å². The summed E-state index contributed by atoms with van der Waals surface area (Å²) < 4.78 is 7.58. The van der Waals surface area contributed by atoms with Gasteiger partial charge in [0.2, 0.25) is 0 Å². The summed E-state index contributed by atoms with van der Waals surface area (Å²) in [6.45, 7) is 4.38. The minimum atomic E-state index is -0.0981. The highest BCUT2D eigenvalue weighted by Gasteiger charge is 2.12. The quantitative estimate of drug-likeness (QED) is 0.680. The molecule has 0 aliphatic carbocycles. The highest BCUT2D eigenvalue weighted by atomic mass is 16.5. The maximum atomic E-state index is 12.2. The lowest BCUT2D eigenvalue weighted by molar-refractivity contribution is 0.0949. The Morgan fingerprint density at radius 2 is 1.88 bits per heavy atom. The van der Waals surface area contributed by atoms with Crippen molar-refractivity contribution < 1.29 is 9.53 Å². The second kappa shape index (κ2) is 7.75. The lowest BCUT2D eigenvalue weighted by atomic mass is 10.2. The van der Waals surface area contributed by atoms with Crippen molar-refractivity contribution in [3.8, 4) is 0 Å². The van der Waals surface area contributed by atoms with Crippen LogP contribution in [0.1, 0.15) is 23.1 Å². The number of carbonyl (C=O) groups is 1. The summed E-state index contributed by atoms with van der Waals surface area (Å²) in [6, 6.07) is 17.2. The molecule has 0 spiro atoms. The van der Waals surface area contributed by atoms with Crippen molar-refractivity contribution in [1.82, 2.24) is 14.9 Å². The molecule has 3 aromatic rings. The highest BCUT2D eigenvalue weighted by Crippen LogP contribution is 2.16. The molecule has 1 heterocycles. The van der Waals surface area contributed by atoms with Crippen molar-refractivity contribution >= 4 is 16.9 Å². The zero-order valence-corrected chi connectivity index (χ0v) is 13.7. The van der Waals surface area contributed by atoms with Gasteiger partial charge in [0.15, 0.2) is 0 Å². The molecule has 5 nitrogen and oxygen atoms in total. The summed E-state index contributed by atoms with van der Waals surface area (Å²) in [5, 5.41) is 2.94. The lowest BCUT2D eigenvalue weighted by Crippen LogP contribution is -2.25. The number of nitrogens with one attached hydrogen (secondary N) is 1. The number of imidazole rings is 1. The lowest BCUT2D eigenvalue weighted by Gasteiger charge is -2.10. The predicted octanol–water partition coefficient (Wildman–Crippen LogP) is 3.00. The molecule has 0 fully saturated rings. The molecular weight excluding hydrogens is 302 g/mol. The first-order valence-corrected chi connectivity index (χ1v) is 8.14. The van der Waals surface area contributed by atoms with Gasteiger partial charge in [0.25, 0.3) is 5.91 Å². The van der Waals surface area contributed by atoms with Gasteiger partial charge in [-0.15, -0.1) is 0 Å². The van der Waals surface area contributed by atoms with Crippen LogP contribution < -0.4 is 5.32 Å². The maximum Gasteiger partial charge on any atom is 0.251 e. The molecule has 3 rings (SSSR count). The van der Waals surface area contributed by atoms with E-state index in [4.69, 9.17) is 4.74 Å². The van der Waals surface area contributed by atoms with Crippen LogP contribution in [-0.4, -0.2) is 28.7 Å². The van der Waals surface area contributed by atoms with Crippen LogP contribution in [0.25, 0.3) is 11.0 Å². The van der Waals surface area contributed by atoms with E-state index in [0.717, 1.165) is 16.9 Å². The number of para-hydroxylation sites is 2. The van der Waals surface area contributed by atoms with Crippen LogP contribution in [0.2, 0.25) is 0 Å². The van der Waals surface area contributed by atoms with E-state index in [-0.39, 0.29) is 5.91 Å². The molecule has 124 valence electrons. The Balaban J connectivity index is 1.77. The number of hydrogen-bond donors (Lipinski definition) is 1. The Labute approximate surface area is 141 Å². The molecule has 24 heavy (non-hydrogen) atoms. The number of carbonyl (C=O) groups excluding carboxylic acids is 1. The Hall–Kier alpha value is -2.66. The third kappa shape index (κ3) is 3.63. The average Bonchev–Trinajstić information content (AvgIpc) is 2.98. The third-order valence-electron chi connectivity index (χ3n) is 3.84. The Kier molecular flexibility index (Phi) is 5.23. The minimum Gasteiger partial charge on any atom is -0.380 e. The Morgan fingerprint density at radius 1 is 1.12 bits per heavy atom. The minimum absolute atomic E-state index is 0.0981. The highest BCUT2D eigenvalue weighted by molar-refractivity contribution is 5.94. The van der Waals surface area contributed by atoms with Gasteiger partial charge in [-0.3, -0.25) is 4.79 Å². The fourth-order valence-electron chi connectivity index (χ4n) is 2.66. The van der Waals surface area contributed by atoms with E-state index in [2.05, 4.69) is 14.9 Å². The molecule has 0 radical (unpaired) electrons. The van der Waals surface area contributed by atoms with Gasteiger partial charge in [0.05, 0.1) is 24.2 Å². The fraction of sp³-hybridized carbons (Fsp3) is 0.263. The summed E-state index contributed by atoms with van der Waals surface area (Å²) in [5.74, 6) is 0.735. The zero-order valence-electron chi connectivity index (χ0n) is 13.7. The largest absolute Gasteiger partial charge is 0.380 e. The van der Waals surface area contributed by atoms with E-state index in [1.54, 1.807) is 12.1 Å². The summed E-state index contributed by atoms with van der Waals surface area (Å²) in [4.78, 5) is 16.9. The van der Waals surface area contributed by atoms with Crippen molar-refractivity contribution in [2.75, 3.05) is 13.2 Å². The zero-order chi connectivity index (χ0) is 16.8. The van der Waals surface area contributed by atoms with Crippen LogP contribution in [0, 0.1) is 0 Å². The summed E-state index contributed by atoms with van der Waals surface area (Å²) in [7, 11) is 0. The number of ether oxygens (including phenoxy) is 1. The van der Waals surface area contributed by atoms with Gasteiger partial charge in [0.1, 0.15) is 5.82 Å². The Bertz CT molecular complexity index is 812. The van der Waals surface area contributed by atoms with Crippen molar-refractivity contribution in [3.63, 3.8) is 0 Å². The normalized spacial score (nSPS) is 10.9. The first-order valence-electron chi connectivity index (χ1n) is 8.14. The average molecular weight is 323 g/mol. The molecule has 1 aromatic heterocycles. The topological polar surface area (TPSA) is 56.1 Å². The van der Waals surface area contributed by atoms with Crippen LogP contribution in [0.4, 0.5) is 0 Å². The number of nitrogens with zero attached hydrogens (tertiary/aromatic N) is 2. The van der Waals surface area contributed by atoms with Crippen molar-refractivity contribution in [2.45, 2.75) is 20.0 Å². The van der Waals surface area contributed by atoms with E-state index < -0.39 is 0 Å². The molecular formula is C19H21N3O2. The SMILES string of the molecule is CCOCCn1c(CNC(=O)c2ccccc2)nc2ccccc21. The summed E-state index contributed by atoms with van der Waals surface area (Å²) in [5.41, 5.74) is 2.63. The molecule has 0 bridgehead atoms. The second-order valence-electron chi connectivity index (χ2n) is 5.41. The van der Waals surface area contributed by atoms with Crippen LogP contribution in [-0.2, 0) is 17.8 Å². The number of fused-ring (bicyclic) bond motifs is 1. The number of benzene rings is 2. The molecule has 1 amide bonds. The molecule has 0 saturated heterocycles. The molecule has 0 atom stereocenters. The number of hydrogen-bond acceptors (Lipinski definition) is 3. The smallest absolute Gasteiger partial charge is 0.251 e. The van der Waals surface area contributed by atoms with E-state index in [9.17, 15) is 4.79 Å². The van der Waals surface area contributed by atoms with Crippen LogP contribution in [0.15, 0.2) is 54.6 Å². The molecule has 2 aromatic carbocycles. The van der Waals surface area contributed by atoms with Crippen LogP contribution in [0.5, 0.6) is 0 Å². The number of rotatable bonds is 7. The van der Waals surface area contributed by atoms with Gasteiger partial charge < -0.3 is 14.6 Å². The van der Waals surface area contributed by atoms with Crippen molar-refractivity contribution in [2.24, 2.45) is 0 Å². The van der Waals surface area contributed by atoms with Gasteiger partial charge >= 0.3 is 0 Å². The summed E-state index contributed by atoms with van der Waals surface area (Å²) in [6.07, 6.45) is 0. The molecule has 0 saturated carbocycles. The monoisotopic (exact) mass is 323 g/mol. The van der Waals surface area contributed by atoms with E-state index in [1.165, 1.54) is 0 Å². The molecule has 0 aliphatic rings. The van der Waals surface area contributed by atoms with Crippen LogP contribution >= 0.6 is 0 Å². The molecule has 1 N–H and O–H groups in total. The molecule has 0 aliphatic heterocycles. The first-order chi connectivity index (χ1) is 11.8. The molecule has 0 unspecified atom stereocenters. The van der Waals surface area contributed by atoms with E-state index >= 15 is 0 Å². The molecule has 5 heteroatoms. The fourth-order valence-corrected chi connectivity index (χ4v) is 2.66. The van der Waals surface area contributed by atoms with Gasteiger partial charge in [-0.25, -0.2) is 4.98 Å². The number of aromatic nitrogens is 2. The van der Waals surface area contributed by atoms with Crippen LogP contribution in [0.3, 0.4) is 0 Å². The predicted molar refractivity (Wildman–Crippen MR) is 93.8 cm³/mol. The second-order valence-corrected chi connectivity index (χ2v) is 5.41. The number of amides is 1. The van der Waals surface area contributed by atoms with Crippen molar-refractivity contribution in [3.05, 3.63) is 66.0 Å². The Morgan fingerprint density at radius 3 is 2.67 bits per heavy atom. The van der Waals surface area contributed by atoms with Gasteiger partial charge in [-0.1, -0.05) is 30.3 Å². The first kappa shape index (κ1) is 16.2. The summed E-state index contributed by atoms with van der Waals surface area (Å²) >= 11 is 0. The van der Waals surface area contributed by atoms with Crippen molar-refractivity contribution in [1.29, 1.82) is 0 Å². The van der Waals surface area contributed by atoms with Gasteiger partial charge in [-0.05, 0) is 31.2 Å². The maximum absolute atomic E-state index is 12.2.